The molecule has 0 atom stereocenters. The van der Waals surface area contributed by atoms with Crippen LogP contribution < -0.4 is 28.3 Å². The van der Waals surface area contributed by atoms with Gasteiger partial charge in [0.1, 0.15) is 0 Å². The first-order valence-corrected chi connectivity index (χ1v) is 0. The summed E-state index contributed by atoms with van der Waals surface area (Å²) < 4.78 is 0. The Hall–Kier alpha value is 1.51. The van der Waals surface area contributed by atoms with Crippen LogP contribution in [0.4, 0.5) is 0 Å². The van der Waals surface area contributed by atoms with Crippen LogP contribution in [-0.4, -0.2) is 0 Å². The molecule has 0 spiro atoms. The van der Waals surface area contributed by atoms with Crippen LogP contribution in [0.5, 0.6) is 0 Å². The molecule has 0 saturated heterocycles. The van der Waals surface area contributed by atoms with Crippen LogP contribution >= 0.6 is 0 Å². The Balaban J connectivity index is 0. The van der Waals surface area contributed by atoms with Crippen LogP contribution in [0.1, 0.15) is 0 Å². The monoisotopic (exact) mass is 283 g/mol. The molecule has 0 radical (unpaired) electrons. The van der Waals surface area contributed by atoms with Crippen LogP contribution in [-0.2, 0) is 0 Å². The zero-order valence-electron chi connectivity index (χ0n) is 2.26. The topological polar surface area (TPSA) is 0 Å². The van der Waals surface area contributed by atoms with Gasteiger partial charge in [-0.1, -0.05) is 0 Å². The zero-order chi connectivity index (χ0) is 0. The van der Waals surface area contributed by atoms with Crippen molar-refractivity contribution in [2.24, 2.45) is 0 Å². The van der Waals surface area contributed by atoms with E-state index in [-0.39, 0.29) is 59.4 Å². The minimum atomic E-state index is 0. The first kappa shape index (κ1) is 49.2. The van der Waals surface area contributed by atoms with Crippen molar-refractivity contribution >= 4 is 0 Å². The second-order valence-electron chi connectivity index (χ2n) is 0. The Labute approximate surface area is 59.0 Å². The molecule has 0 nitrogen and oxygen atoms in total. The third-order valence-electron chi connectivity index (χ3n) is 0. The van der Waals surface area contributed by atoms with E-state index >= 15 is 0 Å². The van der Waals surface area contributed by atoms with Crippen molar-refractivity contribution in [1.82, 2.24) is 0 Å². The molecule has 4 heavy (non-hydrogen) atoms. The second-order valence-corrected chi connectivity index (χ2v) is 0. The average Bonchev–Trinajstić information content (AvgIpc) is 0. The number of hydrogen-bond acceptors (Lipinski definition) is 0. The average molecular weight is 283 g/mol. The molecule has 0 heterocycles. The molecule has 0 aromatic rings. The standard InChI is InChI=1S/2FH.Li.U/h2*1H;;/q;;+1;/p-2. The molecule has 0 fully saturated rings. The van der Waals surface area contributed by atoms with Gasteiger partial charge in [0.25, 0.3) is 0 Å². The Morgan fingerprint density at radius 3 is 0.750 bits per heavy atom. The maximum Gasteiger partial charge on any atom is 1.00 e. The van der Waals surface area contributed by atoms with Crippen molar-refractivity contribution in [2.75, 3.05) is 0 Å². The molecule has 4 heteroatoms. The molecule has 0 rings (SSSR count). The molecule has 20 valence electrons. The summed E-state index contributed by atoms with van der Waals surface area (Å²) in [6, 6.07) is 0. The summed E-state index contributed by atoms with van der Waals surface area (Å²) in [5.41, 5.74) is 0. The first-order valence-electron chi connectivity index (χ1n) is 0. The van der Waals surface area contributed by atoms with Crippen LogP contribution in [0.3, 0.4) is 0 Å². The summed E-state index contributed by atoms with van der Waals surface area (Å²) in [6.07, 6.45) is 0. The first-order chi connectivity index (χ1) is 0. The van der Waals surface area contributed by atoms with Crippen LogP contribution in [0, 0.1) is 31.1 Å². The Morgan fingerprint density at radius 1 is 0.750 bits per heavy atom. The molecule has 0 aliphatic heterocycles. The predicted octanol–water partition coefficient (Wildman–Crippen LogP) is -8.99. The van der Waals surface area contributed by atoms with E-state index in [1.165, 1.54) is 0 Å². The van der Waals surface area contributed by atoms with Gasteiger partial charge in [0.05, 0.1) is 0 Å². The fourth-order valence-corrected chi connectivity index (χ4v) is 0. The fourth-order valence-electron chi connectivity index (χ4n) is 0. The Morgan fingerprint density at radius 2 is 0.750 bits per heavy atom. The van der Waals surface area contributed by atoms with Gasteiger partial charge in [-0.3, -0.25) is 0 Å². The van der Waals surface area contributed by atoms with E-state index in [2.05, 4.69) is 0 Å². The normalized spacial score (nSPS) is 0. The predicted molar refractivity (Wildman–Crippen MR) is 0 cm³/mol. The van der Waals surface area contributed by atoms with Crippen LogP contribution in [0.2, 0.25) is 0 Å². The Kier molecular flexibility index (Phi) is 300. The van der Waals surface area contributed by atoms with Gasteiger partial charge >= 0.3 is 18.9 Å². The van der Waals surface area contributed by atoms with E-state index in [1.54, 1.807) is 0 Å². The van der Waals surface area contributed by atoms with Crippen molar-refractivity contribution < 1.29 is 59.4 Å². The summed E-state index contributed by atoms with van der Waals surface area (Å²) in [5, 5.41) is 0. The largest absolute Gasteiger partial charge is 1.00 e. The summed E-state index contributed by atoms with van der Waals surface area (Å²) >= 11 is 0. The number of rotatable bonds is 0. The van der Waals surface area contributed by atoms with E-state index in [1.807, 2.05) is 0 Å². The number of hydrogen-bond donors (Lipinski definition) is 0. The molecule has 0 bridgehead atoms. The quantitative estimate of drug-likeness (QED) is 0.387. The SMILES string of the molecule is [F-].[F-].[Li+].[U]. The van der Waals surface area contributed by atoms with Gasteiger partial charge in [-0.15, -0.1) is 0 Å². The van der Waals surface area contributed by atoms with Crippen molar-refractivity contribution in [3.05, 3.63) is 0 Å². The Bertz CT molecular complexity index is 6.00. The molecule has 0 aliphatic carbocycles. The van der Waals surface area contributed by atoms with Crippen molar-refractivity contribution in [3.8, 4) is 0 Å². The van der Waals surface area contributed by atoms with Gasteiger partial charge in [-0.2, -0.15) is 0 Å². The molecule has 0 saturated carbocycles. The van der Waals surface area contributed by atoms with Crippen molar-refractivity contribution in [2.45, 2.75) is 0 Å². The maximum absolute atomic E-state index is 0. The molecular formula is F2LiU-. The van der Waals surface area contributed by atoms with Gasteiger partial charge in [0.15, 0.2) is 0 Å². The van der Waals surface area contributed by atoms with E-state index in [0.29, 0.717) is 0 Å². The minimum absolute atomic E-state index is 0. The molecule has 0 unspecified atom stereocenters. The molecular weight excluding hydrogens is 283 g/mol. The summed E-state index contributed by atoms with van der Waals surface area (Å²) in [6.45, 7) is 0. The van der Waals surface area contributed by atoms with E-state index in [0.717, 1.165) is 0 Å². The molecule has 0 aromatic carbocycles. The van der Waals surface area contributed by atoms with E-state index < -0.39 is 0 Å². The zero-order valence-corrected chi connectivity index (χ0v) is 6.42. The summed E-state index contributed by atoms with van der Waals surface area (Å²) in [7, 11) is 0. The maximum atomic E-state index is 0. The van der Waals surface area contributed by atoms with Gasteiger partial charge in [-0.25, -0.2) is 0 Å². The fraction of sp³-hybridized carbons (Fsp3) is 0. The van der Waals surface area contributed by atoms with Crippen LogP contribution in [0.25, 0.3) is 0 Å². The minimum Gasteiger partial charge on any atom is -1.00 e. The van der Waals surface area contributed by atoms with Gasteiger partial charge in [0.2, 0.25) is 0 Å². The molecule has 0 amide bonds. The molecule has 0 aliphatic rings. The van der Waals surface area contributed by atoms with Gasteiger partial charge in [-0.05, 0) is 0 Å². The molecule has 0 N–H and O–H groups in total. The second kappa shape index (κ2) is 24.4. The third kappa shape index (κ3) is 9.70. The van der Waals surface area contributed by atoms with Gasteiger partial charge in [0, 0.05) is 31.1 Å². The van der Waals surface area contributed by atoms with Crippen LogP contribution in [0.15, 0.2) is 0 Å². The number of halogens is 2. The smallest absolute Gasteiger partial charge is 1.00 e. The van der Waals surface area contributed by atoms with Gasteiger partial charge < -0.3 is 9.41 Å². The van der Waals surface area contributed by atoms with Crippen molar-refractivity contribution in [3.63, 3.8) is 0 Å². The van der Waals surface area contributed by atoms with E-state index in [9.17, 15) is 0 Å². The summed E-state index contributed by atoms with van der Waals surface area (Å²) in [4.78, 5) is 0. The third-order valence-corrected chi connectivity index (χ3v) is 0. The van der Waals surface area contributed by atoms with E-state index in [4.69, 9.17) is 0 Å². The molecule has 0 aromatic heterocycles. The van der Waals surface area contributed by atoms with Crippen molar-refractivity contribution in [1.29, 1.82) is 0 Å². The summed E-state index contributed by atoms with van der Waals surface area (Å²) in [5.74, 6) is 0.